The number of rotatable bonds is 2. The second-order valence-corrected chi connectivity index (χ2v) is 8.86. The lowest BCUT2D eigenvalue weighted by atomic mass is 9.83. The van der Waals surface area contributed by atoms with E-state index in [0.29, 0.717) is 17.7 Å². The van der Waals surface area contributed by atoms with Gasteiger partial charge in [-0.3, -0.25) is 9.48 Å². The standard InChI is InChI=1S/C23H19N5OS/c1-23(25)12-26-22(29)15-8-7-13(9-18(15)23)17-11-27-28(2)20(17)21-16(10-24)14-5-3-4-6-19(14)30-21/h3-9,11H,12,25H2,1-2H3,(H,26,29). The predicted molar refractivity (Wildman–Crippen MR) is 118 cm³/mol. The van der Waals surface area contributed by atoms with Gasteiger partial charge in [-0.1, -0.05) is 24.3 Å². The van der Waals surface area contributed by atoms with Crippen LogP contribution < -0.4 is 11.1 Å². The van der Waals surface area contributed by atoms with Crippen molar-refractivity contribution in [3.8, 4) is 27.8 Å². The third-order valence-corrected chi connectivity index (χ3v) is 6.85. The number of hydrogen-bond acceptors (Lipinski definition) is 5. The van der Waals surface area contributed by atoms with Crippen molar-refractivity contribution >= 4 is 27.3 Å². The fraction of sp³-hybridized carbons (Fsp3) is 0.174. The highest BCUT2D eigenvalue weighted by atomic mass is 32.1. The first-order valence-electron chi connectivity index (χ1n) is 9.56. The van der Waals surface area contributed by atoms with E-state index in [1.165, 1.54) is 0 Å². The SMILES string of the molecule is Cn1ncc(-c2ccc3c(c2)C(C)(N)CNC3=O)c1-c1sc2ccccc2c1C#N. The fourth-order valence-electron chi connectivity index (χ4n) is 4.08. The summed E-state index contributed by atoms with van der Waals surface area (Å²) in [5, 5.41) is 18.2. The number of aryl methyl sites for hydroxylation is 1. The van der Waals surface area contributed by atoms with Gasteiger partial charge in [-0.25, -0.2) is 0 Å². The molecule has 0 saturated carbocycles. The summed E-state index contributed by atoms with van der Waals surface area (Å²) in [5.74, 6) is -0.109. The van der Waals surface area contributed by atoms with Crippen LogP contribution in [0.25, 0.3) is 31.8 Å². The van der Waals surface area contributed by atoms with Crippen molar-refractivity contribution in [1.82, 2.24) is 15.1 Å². The molecule has 0 bridgehead atoms. The van der Waals surface area contributed by atoms with Gasteiger partial charge in [0, 0.05) is 34.8 Å². The number of nitrogens with two attached hydrogens (primary N) is 1. The summed E-state index contributed by atoms with van der Waals surface area (Å²) >= 11 is 1.59. The molecule has 3 N–H and O–H groups in total. The van der Waals surface area contributed by atoms with Crippen LogP contribution in [0, 0.1) is 11.3 Å². The summed E-state index contributed by atoms with van der Waals surface area (Å²) in [6, 6.07) is 16.0. The van der Waals surface area contributed by atoms with Gasteiger partial charge in [-0.05, 0) is 36.2 Å². The zero-order chi connectivity index (χ0) is 21.0. The van der Waals surface area contributed by atoms with E-state index in [4.69, 9.17) is 5.73 Å². The third-order valence-electron chi connectivity index (χ3n) is 5.67. The summed E-state index contributed by atoms with van der Waals surface area (Å²) in [7, 11) is 1.88. The van der Waals surface area contributed by atoms with Crippen molar-refractivity contribution in [3.63, 3.8) is 0 Å². The molecule has 0 spiro atoms. The van der Waals surface area contributed by atoms with Crippen LogP contribution in [0.5, 0.6) is 0 Å². The maximum Gasteiger partial charge on any atom is 0.251 e. The highest BCUT2D eigenvalue weighted by Gasteiger charge is 2.32. The van der Waals surface area contributed by atoms with Gasteiger partial charge in [-0.15, -0.1) is 11.3 Å². The van der Waals surface area contributed by atoms with Crippen molar-refractivity contribution in [2.75, 3.05) is 6.54 Å². The average molecular weight is 414 g/mol. The number of amides is 1. The van der Waals surface area contributed by atoms with Gasteiger partial charge < -0.3 is 11.1 Å². The Labute approximate surface area is 177 Å². The minimum Gasteiger partial charge on any atom is -0.350 e. The van der Waals surface area contributed by atoms with Crippen LogP contribution in [0.2, 0.25) is 0 Å². The molecule has 2 aromatic heterocycles. The normalized spacial score (nSPS) is 18.1. The van der Waals surface area contributed by atoms with Crippen molar-refractivity contribution in [2.24, 2.45) is 12.8 Å². The number of carbonyl (C=O) groups is 1. The van der Waals surface area contributed by atoms with Crippen LogP contribution in [0.4, 0.5) is 0 Å². The van der Waals surface area contributed by atoms with Gasteiger partial charge in [0.25, 0.3) is 5.91 Å². The molecule has 1 aliphatic rings. The highest BCUT2D eigenvalue weighted by Crippen LogP contribution is 2.42. The van der Waals surface area contributed by atoms with Crippen molar-refractivity contribution < 1.29 is 4.79 Å². The Bertz CT molecular complexity index is 1370. The van der Waals surface area contributed by atoms with Gasteiger partial charge in [0.2, 0.25) is 0 Å². The zero-order valence-corrected chi connectivity index (χ0v) is 17.4. The molecule has 3 heterocycles. The molecule has 148 valence electrons. The van der Waals surface area contributed by atoms with Gasteiger partial charge in [0.15, 0.2) is 0 Å². The summed E-state index contributed by atoms with van der Waals surface area (Å²) in [5.41, 5.74) is 10.6. The number of nitrogens with zero attached hydrogens (tertiary/aromatic N) is 3. The second-order valence-electron chi connectivity index (χ2n) is 7.81. The molecule has 2 aromatic carbocycles. The van der Waals surface area contributed by atoms with E-state index in [1.807, 2.05) is 56.4 Å². The molecule has 0 aliphatic carbocycles. The van der Waals surface area contributed by atoms with E-state index in [0.717, 1.165) is 37.3 Å². The number of hydrogen-bond donors (Lipinski definition) is 2. The number of fused-ring (bicyclic) bond motifs is 2. The number of thiophene rings is 1. The topological polar surface area (TPSA) is 96.7 Å². The van der Waals surface area contributed by atoms with E-state index in [9.17, 15) is 10.1 Å². The van der Waals surface area contributed by atoms with Crippen LogP contribution >= 0.6 is 11.3 Å². The Morgan fingerprint density at radius 2 is 2.07 bits per heavy atom. The van der Waals surface area contributed by atoms with Gasteiger partial charge in [0.05, 0.1) is 27.9 Å². The molecule has 30 heavy (non-hydrogen) atoms. The maximum atomic E-state index is 12.3. The first-order valence-corrected chi connectivity index (χ1v) is 10.4. The molecule has 1 aliphatic heterocycles. The average Bonchev–Trinajstić information content (AvgIpc) is 3.30. The summed E-state index contributed by atoms with van der Waals surface area (Å²) in [6.07, 6.45) is 1.80. The van der Waals surface area contributed by atoms with Gasteiger partial charge in [0.1, 0.15) is 6.07 Å². The maximum absolute atomic E-state index is 12.3. The quantitative estimate of drug-likeness (QED) is 0.523. The molecule has 1 amide bonds. The van der Waals surface area contributed by atoms with E-state index in [2.05, 4.69) is 16.5 Å². The second kappa shape index (κ2) is 6.52. The van der Waals surface area contributed by atoms with Gasteiger partial charge in [-0.2, -0.15) is 10.4 Å². The van der Waals surface area contributed by atoms with Crippen molar-refractivity contribution in [2.45, 2.75) is 12.5 Å². The fourth-order valence-corrected chi connectivity index (χ4v) is 5.32. The number of benzene rings is 2. The third kappa shape index (κ3) is 2.65. The monoisotopic (exact) mass is 413 g/mol. The highest BCUT2D eigenvalue weighted by molar-refractivity contribution is 7.22. The largest absolute Gasteiger partial charge is 0.350 e. The Morgan fingerprint density at radius 3 is 2.87 bits per heavy atom. The molecular formula is C23H19N5OS. The van der Waals surface area contributed by atoms with Crippen LogP contribution in [-0.2, 0) is 12.6 Å². The Hall–Kier alpha value is -3.47. The van der Waals surface area contributed by atoms with E-state index in [1.54, 1.807) is 22.2 Å². The lowest BCUT2D eigenvalue weighted by molar-refractivity contribution is 0.0928. The molecule has 5 rings (SSSR count). The molecule has 1 atom stereocenters. The number of nitriles is 1. The summed E-state index contributed by atoms with van der Waals surface area (Å²) < 4.78 is 2.86. The number of nitrogens with one attached hydrogen (secondary N) is 1. The molecular weight excluding hydrogens is 394 g/mol. The van der Waals surface area contributed by atoms with E-state index < -0.39 is 5.54 Å². The molecule has 0 radical (unpaired) electrons. The number of aromatic nitrogens is 2. The lowest BCUT2D eigenvalue weighted by Gasteiger charge is -2.32. The summed E-state index contributed by atoms with van der Waals surface area (Å²) in [6.45, 7) is 2.30. The molecule has 6 nitrogen and oxygen atoms in total. The van der Waals surface area contributed by atoms with Crippen LogP contribution in [0.1, 0.15) is 28.4 Å². The molecule has 7 heteroatoms. The lowest BCUT2D eigenvalue weighted by Crippen LogP contribution is -2.50. The van der Waals surface area contributed by atoms with Crippen molar-refractivity contribution in [1.29, 1.82) is 5.26 Å². The minimum atomic E-state index is -0.656. The first kappa shape index (κ1) is 18.6. The zero-order valence-electron chi connectivity index (χ0n) is 16.6. The number of carbonyl (C=O) groups excluding carboxylic acids is 1. The van der Waals surface area contributed by atoms with Crippen LogP contribution in [-0.4, -0.2) is 22.2 Å². The molecule has 4 aromatic rings. The molecule has 1 unspecified atom stereocenters. The van der Waals surface area contributed by atoms with Crippen LogP contribution in [0.15, 0.2) is 48.7 Å². The van der Waals surface area contributed by atoms with E-state index >= 15 is 0 Å². The van der Waals surface area contributed by atoms with E-state index in [-0.39, 0.29) is 5.91 Å². The minimum absolute atomic E-state index is 0.109. The van der Waals surface area contributed by atoms with Gasteiger partial charge >= 0.3 is 0 Å². The molecule has 0 fully saturated rings. The Balaban J connectivity index is 1.74. The van der Waals surface area contributed by atoms with Crippen LogP contribution in [0.3, 0.4) is 0 Å². The molecule has 0 saturated heterocycles. The predicted octanol–water partition coefficient (Wildman–Crippen LogP) is 3.76. The van der Waals surface area contributed by atoms with Crippen molar-refractivity contribution in [3.05, 3.63) is 65.4 Å². The first-order chi connectivity index (χ1) is 14.4. The Kier molecular flexibility index (Phi) is 4.03. The smallest absolute Gasteiger partial charge is 0.251 e. The Morgan fingerprint density at radius 1 is 1.27 bits per heavy atom. The summed E-state index contributed by atoms with van der Waals surface area (Å²) in [4.78, 5) is 13.2.